The van der Waals surface area contributed by atoms with Gasteiger partial charge in [-0.2, -0.15) is 0 Å². The molecule has 0 saturated carbocycles. The number of rotatable bonds is 1. The Labute approximate surface area is 98.8 Å². The highest BCUT2D eigenvalue weighted by molar-refractivity contribution is 5.38. The third-order valence-corrected chi connectivity index (χ3v) is 2.53. The van der Waals surface area contributed by atoms with Gasteiger partial charge in [-0.3, -0.25) is 0 Å². The second-order valence-corrected chi connectivity index (χ2v) is 5.14. The molecule has 16 heavy (non-hydrogen) atoms. The number of nitrogens with two attached hydrogens (primary N) is 1. The van der Waals surface area contributed by atoms with E-state index in [2.05, 4.69) is 44.7 Å². The number of hydrogen-bond acceptors (Lipinski definition) is 2. The van der Waals surface area contributed by atoms with Gasteiger partial charge in [-0.1, -0.05) is 26.8 Å². The van der Waals surface area contributed by atoms with Gasteiger partial charge in [-0.15, -0.1) is 0 Å². The van der Waals surface area contributed by atoms with E-state index in [0.717, 1.165) is 11.4 Å². The molecule has 0 amide bonds. The number of nitrogens with zero attached hydrogens (tertiary/aromatic N) is 1. The average molecular weight is 218 g/mol. The van der Waals surface area contributed by atoms with Crippen LogP contribution in [-0.2, 0) is 0 Å². The summed E-state index contributed by atoms with van der Waals surface area (Å²) < 4.78 is 0. The molecule has 0 fully saturated rings. The molecule has 0 spiro atoms. The summed E-state index contributed by atoms with van der Waals surface area (Å²) in [5.41, 5.74) is 9.43. The predicted octanol–water partition coefficient (Wildman–Crippen LogP) is 3.51. The molecule has 0 aliphatic carbocycles. The van der Waals surface area contributed by atoms with Crippen LogP contribution in [0, 0.1) is 5.41 Å². The Morgan fingerprint density at radius 2 is 2.00 bits per heavy atom. The Morgan fingerprint density at radius 1 is 1.38 bits per heavy atom. The van der Waals surface area contributed by atoms with Crippen LogP contribution in [0.5, 0.6) is 0 Å². The lowest BCUT2D eigenvalue weighted by atomic mass is 9.90. The smallest absolute Gasteiger partial charge is 0.0645 e. The topological polar surface area (TPSA) is 29.3 Å². The molecule has 1 aliphatic rings. The lowest BCUT2D eigenvalue weighted by Crippen LogP contribution is -2.25. The van der Waals surface area contributed by atoms with Crippen LogP contribution in [0.1, 0.15) is 34.6 Å². The Bertz CT molecular complexity index is 376. The van der Waals surface area contributed by atoms with E-state index in [0.29, 0.717) is 0 Å². The van der Waals surface area contributed by atoms with Crippen LogP contribution in [0.2, 0.25) is 0 Å². The van der Waals surface area contributed by atoms with Crippen molar-refractivity contribution >= 4 is 0 Å². The fraction of sp³-hybridized carbons (Fsp3) is 0.429. The van der Waals surface area contributed by atoms with E-state index in [1.165, 1.54) is 5.57 Å². The molecule has 88 valence electrons. The van der Waals surface area contributed by atoms with E-state index >= 15 is 0 Å². The maximum atomic E-state index is 6.23. The minimum absolute atomic E-state index is 0.0167. The van der Waals surface area contributed by atoms with Crippen LogP contribution in [0.4, 0.5) is 0 Å². The molecule has 0 unspecified atom stereocenters. The van der Waals surface area contributed by atoms with E-state index in [9.17, 15) is 0 Å². The molecule has 0 aromatic rings. The molecular weight excluding hydrogens is 196 g/mol. The second kappa shape index (κ2) is 4.60. The van der Waals surface area contributed by atoms with Crippen LogP contribution in [0.3, 0.4) is 0 Å². The van der Waals surface area contributed by atoms with E-state index < -0.39 is 0 Å². The van der Waals surface area contributed by atoms with Crippen molar-refractivity contribution in [3.63, 3.8) is 0 Å². The standard InChI is InChI=1S/C14H22N2/c1-6-8-16-9-7-11(2)10-12(16)13(15)14(3,4)5/h6-10H,15H2,1-5H3/b8-6-,13-12-. The molecule has 0 aromatic heterocycles. The van der Waals surface area contributed by atoms with Crippen molar-refractivity contribution in [2.75, 3.05) is 0 Å². The minimum atomic E-state index is -0.0167. The zero-order valence-electron chi connectivity index (χ0n) is 10.9. The summed E-state index contributed by atoms with van der Waals surface area (Å²) in [6, 6.07) is 0. The molecule has 0 bridgehead atoms. The van der Waals surface area contributed by atoms with Crippen LogP contribution in [-0.4, -0.2) is 4.90 Å². The van der Waals surface area contributed by atoms with E-state index in [1.807, 2.05) is 25.4 Å². The molecular formula is C14H22N2. The molecule has 0 aromatic carbocycles. The van der Waals surface area contributed by atoms with Gasteiger partial charge < -0.3 is 10.6 Å². The maximum absolute atomic E-state index is 6.23. The molecule has 0 radical (unpaired) electrons. The third-order valence-electron chi connectivity index (χ3n) is 2.53. The van der Waals surface area contributed by atoms with Gasteiger partial charge in [0.25, 0.3) is 0 Å². The highest BCUT2D eigenvalue weighted by Gasteiger charge is 2.20. The van der Waals surface area contributed by atoms with E-state index in [1.54, 1.807) is 0 Å². The van der Waals surface area contributed by atoms with Crippen molar-refractivity contribution in [1.29, 1.82) is 0 Å². The van der Waals surface area contributed by atoms with Gasteiger partial charge in [-0.05, 0) is 31.6 Å². The third kappa shape index (κ3) is 2.78. The summed E-state index contributed by atoms with van der Waals surface area (Å²) in [4.78, 5) is 2.06. The van der Waals surface area contributed by atoms with Crippen LogP contribution in [0.25, 0.3) is 0 Å². The summed E-state index contributed by atoms with van der Waals surface area (Å²) in [5.74, 6) is 0. The molecule has 0 saturated heterocycles. The fourth-order valence-electron chi connectivity index (χ4n) is 1.51. The lowest BCUT2D eigenvalue weighted by molar-refractivity contribution is 0.472. The molecule has 2 heteroatoms. The van der Waals surface area contributed by atoms with Crippen LogP contribution >= 0.6 is 0 Å². The first kappa shape index (κ1) is 12.6. The molecule has 1 aliphatic heterocycles. The zero-order valence-corrected chi connectivity index (χ0v) is 10.9. The largest absolute Gasteiger partial charge is 0.400 e. The summed E-state index contributed by atoms with van der Waals surface area (Å²) in [6.45, 7) is 10.5. The van der Waals surface area contributed by atoms with Gasteiger partial charge in [0.05, 0.1) is 5.70 Å². The Morgan fingerprint density at radius 3 is 2.50 bits per heavy atom. The van der Waals surface area contributed by atoms with Crippen molar-refractivity contribution in [1.82, 2.24) is 4.90 Å². The van der Waals surface area contributed by atoms with Crippen LogP contribution < -0.4 is 5.73 Å². The van der Waals surface area contributed by atoms with Gasteiger partial charge >= 0.3 is 0 Å². The van der Waals surface area contributed by atoms with Gasteiger partial charge in [0.2, 0.25) is 0 Å². The Kier molecular flexibility index (Phi) is 3.63. The summed E-state index contributed by atoms with van der Waals surface area (Å²) in [7, 11) is 0. The molecule has 1 rings (SSSR count). The second-order valence-electron chi connectivity index (χ2n) is 5.14. The first-order chi connectivity index (χ1) is 7.36. The quantitative estimate of drug-likeness (QED) is 0.729. The van der Waals surface area contributed by atoms with Crippen molar-refractivity contribution in [2.24, 2.45) is 11.1 Å². The monoisotopic (exact) mass is 218 g/mol. The highest BCUT2D eigenvalue weighted by atomic mass is 15.1. The molecule has 2 nitrogen and oxygen atoms in total. The van der Waals surface area contributed by atoms with Crippen molar-refractivity contribution in [2.45, 2.75) is 34.6 Å². The van der Waals surface area contributed by atoms with Crippen molar-refractivity contribution in [3.8, 4) is 0 Å². The van der Waals surface area contributed by atoms with Gasteiger partial charge in [0.15, 0.2) is 0 Å². The summed E-state index contributed by atoms with van der Waals surface area (Å²) in [5, 5.41) is 0. The van der Waals surface area contributed by atoms with Crippen LogP contribution in [0.15, 0.2) is 47.6 Å². The molecule has 2 N–H and O–H groups in total. The average Bonchev–Trinajstić information content (AvgIpc) is 2.18. The summed E-state index contributed by atoms with van der Waals surface area (Å²) in [6.07, 6.45) is 10.3. The maximum Gasteiger partial charge on any atom is 0.0645 e. The predicted molar refractivity (Wildman–Crippen MR) is 70.2 cm³/mol. The van der Waals surface area contributed by atoms with Gasteiger partial charge in [-0.25, -0.2) is 0 Å². The van der Waals surface area contributed by atoms with Gasteiger partial charge in [0.1, 0.15) is 0 Å². The van der Waals surface area contributed by atoms with Crippen molar-refractivity contribution in [3.05, 3.63) is 47.6 Å². The lowest BCUT2D eigenvalue weighted by Gasteiger charge is -2.28. The molecule has 0 atom stereocenters. The van der Waals surface area contributed by atoms with Gasteiger partial charge in [0, 0.05) is 23.5 Å². The first-order valence-electron chi connectivity index (χ1n) is 5.64. The first-order valence-corrected chi connectivity index (χ1v) is 5.64. The fourth-order valence-corrected chi connectivity index (χ4v) is 1.51. The highest BCUT2D eigenvalue weighted by Crippen LogP contribution is 2.28. The zero-order chi connectivity index (χ0) is 12.3. The number of hydrogen-bond donors (Lipinski definition) is 1. The molecule has 1 heterocycles. The Hall–Kier alpha value is -1.44. The Balaban J connectivity index is 3.22. The minimum Gasteiger partial charge on any atom is -0.400 e. The normalized spacial score (nSPS) is 20.3. The summed E-state index contributed by atoms with van der Waals surface area (Å²) >= 11 is 0. The SMILES string of the molecule is C/C=C\N1C=CC(C)=C/C1=C(/N)C(C)(C)C. The number of allylic oxidation sites excluding steroid dienone is 5. The van der Waals surface area contributed by atoms with E-state index in [4.69, 9.17) is 5.73 Å². The van der Waals surface area contributed by atoms with Crippen molar-refractivity contribution < 1.29 is 0 Å². The van der Waals surface area contributed by atoms with E-state index in [-0.39, 0.29) is 5.41 Å².